The summed E-state index contributed by atoms with van der Waals surface area (Å²) >= 11 is 5.50. The van der Waals surface area contributed by atoms with Gasteiger partial charge in [0.15, 0.2) is 0 Å². The number of nitrogens with zero attached hydrogens (tertiary/aromatic N) is 1. The van der Waals surface area contributed by atoms with Crippen molar-refractivity contribution in [2.45, 2.75) is 0 Å². The highest BCUT2D eigenvalue weighted by Crippen LogP contribution is 2.27. The summed E-state index contributed by atoms with van der Waals surface area (Å²) in [6, 6.07) is 20.6. The summed E-state index contributed by atoms with van der Waals surface area (Å²) in [7, 11) is 1.54. The molecule has 0 aliphatic heterocycles. The number of amides is 1. The third-order valence-corrected chi connectivity index (χ3v) is 5.41. The lowest BCUT2D eigenvalue weighted by atomic mass is 10.1. The first-order valence-corrected chi connectivity index (χ1v) is 11.1. The zero-order valence-corrected chi connectivity index (χ0v) is 20.5. The fourth-order valence-corrected chi connectivity index (χ4v) is 3.60. The van der Waals surface area contributed by atoms with E-state index < -0.39 is 11.9 Å². The molecule has 3 aromatic carbocycles. The number of methoxy groups -OCH3 is 1. The van der Waals surface area contributed by atoms with Gasteiger partial charge >= 0.3 is 5.97 Å². The van der Waals surface area contributed by atoms with Crippen molar-refractivity contribution in [2.75, 3.05) is 12.4 Å². The van der Waals surface area contributed by atoms with E-state index in [-0.39, 0.29) is 11.3 Å². The summed E-state index contributed by atoms with van der Waals surface area (Å²) in [6.07, 6.45) is 1.38. The van der Waals surface area contributed by atoms with E-state index in [2.05, 4.69) is 43.8 Å². The Hall–Kier alpha value is -3.16. The van der Waals surface area contributed by atoms with Gasteiger partial charge in [-0.2, -0.15) is 5.26 Å². The van der Waals surface area contributed by atoms with Crippen molar-refractivity contribution in [1.29, 1.82) is 5.26 Å². The number of nitriles is 1. The molecule has 1 amide bonds. The molecule has 3 aromatic rings. The van der Waals surface area contributed by atoms with E-state index in [0.29, 0.717) is 27.0 Å². The number of benzene rings is 3. The molecule has 0 spiro atoms. The second-order valence-electron chi connectivity index (χ2n) is 6.43. The van der Waals surface area contributed by atoms with Crippen LogP contribution in [0.25, 0.3) is 6.08 Å². The van der Waals surface area contributed by atoms with Crippen molar-refractivity contribution < 1.29 is 19.1 Å². The Labute approximate surface area is 207 Å². The molecule has 0 saturated heterocycles. The molecule has 3 rings (SSSR count). The molecular formula is C24H16BrIN2O4. The summed E-state index contributed by atoms with van der Waals surface area (Å²) in [5.74, 6) is -0.316. The maximum atomic E-state index is 12.6. The summed E-state index contributed by atoms with van der Waals surface area (Å²) in [4.78, 5) is 25.2. The highest BCUT2D eigenvalue weighted by Gasteiger charge is 2.15. The smallest absolute Gasteiger partial charge is 0.343 e. The Morgan fingerprint density at radius 1 is 1.09 bits per heavy atom. The molecular weight excluding hydrogens is 587 g/mol. The number of hydrogen-bond acceptors (Lipinski definition) is 5. The van der Waals surface area contributed by atoms with Crippen LogP contribution in [0.15, 0.2) is 76.8 Å². The minimum atomic E-state index is -0.577. The highest BCUT2D eigenvalue weighted by molar-refractivity contribution is 14.1. The van der Waals surface area contributed by atoms with E-state index in [1.54, 1.807) is 60.7 Å². The van der Waals surface area contributed by atoms with Crippen molar-refractivity contribution in [3.63, 3.8) is 0 Å². The largest absolute Gasteiger partial charge is 0.497 e. The van der Waals surface area contributed by atoms with Gasteiger partial charge < -0.3 is 14.8 Å². The number of ether oxygens (including phenoxy) is 2. The third kappa shape index (κ3) is 6.18. The van der Waals surface area contributed by atoms with Crippen LogP contribution >= 0.6 is 38.5 Å². The van der Waals surface area contributed by atoms with Gasteiger partial charge in [-0.1, -0.05) is 22.0 Å². The van der Waals surface area contributed by atoms with Crippen LogP contribution < -0.4 is 14.8 Å². The van der Waals surface area contributed by atoms with Gasteiger partial charge in [-0.15, -0.1) is 0 Å². The molecule has 0 aromatic heterocycles. The van der Waals surface area contributed by atoms with E-state index >= 15 is 0 Å². The molecule has 0 unspecified atom stereocenters. The van der Waals surface area contributed by atoms with E-state index in [1.807, 2.05) is 12.1 Å². The number of carbonyl (C=O) groups excluding carboxylic acids is 2. The van der Waals surface area contributed by atoms with E-state index in [4.69, 9.17) is 9.47 Å². The maximum absolute atomic E-state index is 12.6. The van der Waals surface area contributed by atoms with Gasteiger partial charge in [0.25, 0.3) is 5.91 Å². The number of esters is 1. The normalized spacial score (nSPS) is 10.8. The minimum Gasteiger partial charge on any atom is -0.497 e. The lowest BCUT2D eigenvalue weighted by molar-refractivity contribution is -0.112. The first kappa shape index (κ1) is 23.5. The second kappa shape index (κ2) is 10.9. The van der Waals surface area contributed by atoms with Crippen LogP contribution in [-0.4, -0.2) is 19.0 Å². The van der Waals surface area contributed by atoms with Gasteiger partial charge in [-0.3, -0.25) is 4.79 Å². The maximum Gasteiger partial charge on any atom is 0.343 e. The van der Waals surface area contributed by atoms with Crippen LogP contribution in [0, 0.1) is 14.9 Å². The molecule has 0 aliphatic rings. The molecule has 0 saturated carbocycles. The summed E-state index contributed by atoms with van der Waals surface area (Å²) in [6.45, 7) is 0. The first-order valence-electron chi connectivity index (χ1n) is 9.24. The summed E-state index contributed by atoms with van der Waals surface area (Å²) in [5.41, 5.74) is 1.17. The number of carbonyl (C=O) groups is 2. The van der Waals surface area contributed by atoms with Crippen molar-refractivity contribution in [3.05, 3.63) is 91.5 Å². The average molecular weight is 603 g/mol. The Kier molecular flexibility index (Phi) is 8.03. The monoisotopic (exact) mass is 602 g/mol. The van der Waals surface area contributed by atoms with Gasteiger partial charge in [0, 0.05) is 19.3 Å². The molecule has 0 bridgehead atoms. The molecule has 32 heavy (non-hydrogen) atoms. The van der Waals surface area contributed by atoms with E-state index in [9.17, 15) is 14.9 Å². The van der Waals surface area contributed by atoms with Crippen molar-refractivity contribution >= 4 is 62.2 Å². The lowest BCUT2D eigenvalue weighted by Crippen LogP contribution is -2.14. The van der Waals surface area contributed by atoms with Crippen LogP contribution in [-0.2, 0) is 4.79 Å². The van der Waals surface area contributed by atoms with Crippen LogP contribution in [0.3, 0.4) is 0 Å². The number of nitrogens with one attached hydrogen (secondary N) is 1. The summed E-state index contributed by atoms with van der Waals surface area (Å²) in [5, 5.41) is 12.2. The van der Waals surface area contributed by atoms with E-state index in [1.165, 1.54) is 13.2 Å². The van der Waals surface area contributed by atoms with Gasteiger partial charge in [0.05, 0.1) is 12.7 Å². The molecule has 8 heteroatoms. The third-order valence-electron chi connectivity index (χ3n) is 4.25. The van der Waals surface area contributed by atoms with Gasteiger partial charge in [0.1, 0.15) is 23.1 Å². The van der Waals surface area contributed by atoms with Gasteiger partial charge in [0.2, 0.25) is 0 Å². The van der Waals surface area contributed by atoms with E-state index in [0.717, 1.165) is 3.57 Å². The molecule has 0 atom stereocenters. The fraction of sp³-hybridized carbons (Fsp3) is 0.0417. The van der Waals surface area contributed by atoms with Crippen molar-refractivity contribution in [2.24, 2.45) is 0 Å². The standard InChI is InChI=1S/C24H16BrIN2O4/c1-31-21-8-5-15(6-9-21)24(30)32-22-10-7-18(25)12-16(22)11-17(14-27)23(29)28-20-4-2-3-19(26)13-20/h2-13H,1H3,(H,28,29)/b17-11+. The molecule has 0 aliphatic carbocycles. The number of anilines is 1. The van der Waals surface area contributed by atoms with Crippen LogP contribution in [0.2, 0.25) is 0 Å². The number of rotatable bonds is 6. The Morgan fingerprint density at radius 3 is 2.50 bits per heavy atom. The average Bonchev–Trinajstić information content (AvgIpc) is 2.79. The van der Waals surface area contributed by atoms with Gasteiger partial charge in [-0.05, 0) is 89.3 Å². The Bertz CT molecular complexity index is 1230. The van der Waals surface area contributed by atoms with Crippen LogP contribution in [0.4, 0.5) is 5.69 Å². The predicted molar refractivity (Wildman–Crippen MR) is 133 cm³/mol. The quantitative estimate of drug-likeness (QED) is 0.126. The van der Waals surface area contributed by atoms with Crippen molar-refractivity contribution in [1.82, 2.24) is 0 Å². The van der Waals surface area contributed by atoms with Crippen molar-refractivity contribution in [3.8, 4) is 17.6 Å². The second-order valence-corrected chi connectivity index (χ2v) is 8.60. The molecule has 0 heterocycles. The molecule has 0 radical (unpaired) electrons. The van der Waals surface area contributed by atoms with Crippen LogP contribution in [0.1, 0.15) is 15.9 Å². The first-order chi connectivity index (χ1) is 15.4. The molecule has 6 nitrogen and oxygen atoms in total. The minimum absolute atomic E-state index is 0.135. The molecule has 1 N–H and O–H groups in total. The molecule has 0 fully saturated rings. The lowest BCUT2D eigenvalue weighted by Gasteiger charge is -2.10. The van der Waals surface area contributed by atoms with Gasteiger partial charge in [-0.25, -0.2) is 4.79 Å². The summed E-state index contributed by atoms with van der Waals surface area (Å²) < 4.78 is 12.3. The zero-order valence-electron chi connectivity index (χ0n) is 16.8. The fourth-order valence-electron chi connectivity index (χ4n) is 2.68. The van der Waals surface area contributed by atoms with Crippen LogP contribution in [0.5, 0.6) is 11.5 Å². The number of halogens is 2. The molecule has 160 valence electrons. The number of hydrogen-bond donors (Lipinski definition) is 1. The topological polar surface area (TPSA) is 88.4 Å². The predicted octanol–water partition coefficient (Wildman–Crippen LogP) is 5.83. The SMILES string of the molecule is COc1ccc(C(=O)Oc2ccc(Br)cc2/C=C(\C#N)C(=O)Nc2cccc(I)c2)cc1. The Balaban J connectivity index is 1.86. The Morgan fingerprint density at radius 2 is 1.84 bits per heavy atom. The highest BCUT2D eigenvalue weighted by atomic mass is 127. The zero-order chi connectivity index (χ0) is 23.1.